The van der Waals surface area contributed by atoms with E-state index >= 15 is 0 Å². The molecule has 0 aliphatic rings. The lowest BCUT2D eigenvalue weighted by Crippen LogP contribution is -2.42. The minimum absolute atomic E-state index is 0.176. The lowest BCUT2D eigenvalue weighted by molar-refractivity contribution is -0.204. The number of aryl methyl sites for hydroxylation is 2. The van der Waals surface area contributed by atoms with Gasteiger partial charge in [0, 0.05) is 24.3 Å². The maximum atomic E-state index is 13.2. The van der Waals surface area contributed by atoms with Gasteiger partial charge in [-0.2, -0.15) is 0 Å². The summed E-state index contributed by atoms with van der Waals surface area (Å²) in [5.41, 5.74) is 3.53. The van der Waals surface area contributed by atoms with Gasteiger partial charge in [-0.05, 0) is 27.7 Å². The van der Waals surface area contributed by atoms with Crippen molar-refractivity contribution >= 4 is 5.78 Å². The Labute approximate surface area is 138 Å². The van der Waals surface area contributed by atoms with Crippen LogP contribution in [-0.2, 0) is 15.3 Å². The summed E-state index contributed by atoms with van der Waals surface area (Å²) in [6, 6.07) is 15.2. The largest absolute Gasteiger partial charge is 0.340 e. The Kier molecular flexibility index (Phi) is 5.69. The molecular weight excluding hydrogens is 288 g/mol. The Hall–Kier alpha value is -1.97. The van der Waals surface area contributed by atoms with Gasteiger partial charge in [0.15, 0.2) is 0 Å². The maximum Gasteiger partial charge on any atom is 0.261 e. The van der Waals surface area contributed by atoms with E-state index in [0.717, 1.165) is 16.7 Å². The molecule has 3 nitrogen and oxygen atoms in total. The SMILES string of the molecule is CCOC(OCC)(C(=O)c1ccc(C)cc1)c1ccc(C)cc1. The molecule has 2 rings (SSSR count). The van der Waals surface area contributed by atoms with Crippen LogP contribution in [0.5, 0.6) is 0 Å². The standard InChI is InChI=1S/C20H24O3/c1-5-22-20(23-6-2,18-13-9-16(4)10-14-18)19(21)17-11-7-15(3)8-12-17/h7-14H,5-6H2,1-4H3. The number of carbonyl (C=O) groups excluding carboxylic acids is 1. The fourth-order valence-corrected chi connectivity index (χ4v) is 2.54. The van der Waals surface area contributed by atoms with Crippen molar-refractivity contribution in [2.75, 3.05) is 13.2 Å². The fourth-order valence-electron chi connectivity index (χ4n) is 2.54. The van der Waals surface area contributed by atoms with Crippen LogP contribution in [0.1, 0.15) is 40.9 Å². The molecule has 0 saturated carbocycles. The Morgan fingerprint density at radius 1 is 0.826 bits per heavy atom. The van der Waals surface area contributed by atoms with Crippen LogP contribution in [-0.4, -0.2) is 19.0 Å². The van der Waals surface area contributed by atoms with Gasteiger partial charge in [-0.1, -0.05) is 59.7 Å². The normalized spacial score (nSPS) is 11.5. The fraction of sp³-hybridized carbons (Fsp3) is 0.350. The molecule has 2 aromatic rings. The molecule has 0 fully saturated rings. The van der Waals surface area contributed by atoms with E-state index in [-0.39, 0.29) is 5.78 Å². The number of rotatable bonds is 7. The van der Waals surface area contributed by atoms with Gasteiger partial charge >= 0.3 is 0 Å². The van der Waals surface area contributed by atoms with Gasteiger partial charge in [0.1, 0.15) is 0 Å². The molecule has 122 valence electrons. The van der Waals surface area contributed by atoms with E-state index < -0.39 is 5.79 Å². The highest BCUT2D eigenvalue weighted by atomic mass is 16.7. The first-order chi connectivity index (χ1) is 11.0. The Bertz CT molecular complexity index is 636. The summed E-state index contributed by atoms with van der Waals surface area (Å²) < 4.78 is 11.7. The van der Waals surface area contributed by atoms with E-state index in [9.17, 15) is 4.79 Å². The van der Waals surface area contributed by atoms with E-state index in [2.05, 4.69) is 0 Å². The van der Waals surface area contributed by atoms with Gasteiger partial charge in [-0.25, -0.2) is 0 Å². The van der Waals surface area contributed by atoms with E-state index in [1.807, 2.05) is 76.2 Å². The Morgan fingerprint density at radius 3 is 1.70 bits per heavy atom. The molecule has 0 spiro atoms. The average molecular weight is 312 g/mol. The molecule has 0 aliphatic heterocycles. The van der Waals surface area contributed by atoms with Gasteiger partial charge in [0.25, 0.3) is 5.79 Å². The third-order valence-electron chi connectivity index (χ3n) is 3.74. The number of ketones is 1. The van der Waals surface area contributed by atoms with Crippen molar-refractivity contribution < 1.29 is 14.3 Å². The number of Topliss-reactive ketones (excluding diaryl/α,β-unsaturated/α-hetero) is 1. The van der Waals surface area contributed by atoms with Crippen LogP contribution < -0.4 is 0 Å². The molecular formula is C20H24O3. The molecule has 0 N–H and O–H groups in total. The van der Waals surface area contributed by atoms with Crippen molar-refractivity contribution in [1.82, 2.24) is 0 Å². The van der Waals surface area contributed by atoms with Crippen molar-refractivity contribution in [3.63, 3.8) is 0 Å². The van der Waals surface area contributed by atoms with Gasteiger partial charge in [-0.3, -0.25) is 4.79 Å². The topological polar surface area (TPSA) is 35.5 Å². The predicted octanol–water partition coefficient (Wildman–Crippen LogP) is 4.41. The predicted molar refractivity (Wildman–Crippen MR) is 91.6 cm³/mol. The molecule has 0 unspecified atom stereocenters. The summed E-state index contributed by atoms with van der Waals surface area (Å²) in [7, 11) is 0. The molecule has 0 aromatic heterocycles. The molecule has 0 radical (unpaired) electrons. The third kappa shape index (κ3) is 3.69. The van der Waals surface area contributed by atoms with Crippen molar-refractivity contribution in [3.05, 3.63) is 70.8 Å². The zero-order valence-corrected chi connectivity index (χ0v) is 14.3. The van der Waals surface area contributed by atoms with Crippen LogP contribution in [0.2, 0.25) is 0 Å². The van der Waals surface area contributed by atoms with Crippen LogP contribution >= 0.6 is 0 Å². The molecule has 0 heterocycles. The summed E-state index contributed by atoms with van der Waals surface area (Å²) in [6.45, 7) is 8.49. The van der Waals surface area contributed by atoms with E-state index in [4.69, 9.17) is 9.47 Å². The van der Waals surface area contributed by atoms with Crippen molar-refractivity contribution in [2.24, 2.45) is 0 Å². The summed E-state index contributed by atoms with van der Waals surface area (Å²) in [5, 5.41) is 0. The summed E-state index contributed by atoms with van der Waals surface area (Å²) >= 11 is 0. The van der Waals surface area contributed by atoms with Crippen LogP contribution in [0.25, 0.3) is 0 Å². The van der Waals surface area contributed by atoms with E-state index in [1.165, 1.54) is 0 Å². The first kappa shape index (κ1) is 17.4. The van der Waals surface area contributed by atoms with Crippen molar-refractivity contribution in [2.45, 2.75) is 33.5 Å². The van der Waals surface area contributed by atoms with Crippen LogP contribution in [0.15, 0.2) is 48.5 Å². The molecule has 0 bridgehead atoms. The lowest BCUT2D eigenvalue weighted by Gasteiger charge is -2.32. The molecule has 23 heavy (non-hydrogen) atoms. The molecule has 0 saturated heterocycles. The monoisotopic (exact) mass is 312 g/mol. The second-order valence-corrected chi connectivity index (χ2v) is 5.54. The third-order valence-corrected chi connectivity index (χ3v) is 3.74. The first-order valence-corrected chi connectivity index (χ1v) is 8.00. The van der Waals surface area contributed by atoms with Crippen molar-refractivity contribution in [1.29, 1.82) is 0 Å². The molecule has 0 aliphatic carbocycles. The van der Waals surface area contributed by atoms with Crippen LogP contribution in [0, 0.1) is 13.8 Å². The van der Waals surface area contributed by atoms with E-state index in [0.29, 0.717) is 18.8 Å². The highest BCUT2D eigenvalue weighted by Crippen LogP contribution is 2.32. The highest BCUT2D eigenvalue weighted by molar-refractivity contribution is 6.02. The maximum absolute atomic E-state index is 13.2. The van der Waals surface area contributed by atoms with Crippen molar-refractivity contribution in [3.8, 4) is 0 Å². The Balaban J connectivity index is 2.53. The zero-order chi connectivity index (χ0) is 16.9. The second kappa shape index (κ2) is 7.53. The number of ether oxygens (including phenoxy) is 2. The molecule has 3 heteroatoms. The number of benzene rings is 2. The van der Waals surface area contributed by atoms with Gasteiger partial charge in [-0.15, -0.1) is 0 Å². The smallest absolute Gasteiger partial charge is 0.261 e. The molecule has 0 amide bonds. The molecule has 0 atom stereocenters. The highest BCUT2D eigenvalue weighted by Gasteiger charge is 2.42. The van der Waals surface area contributed by atoms with Crippen LogP contribution in [0.4, 0.5) is 0 Å². The minimum Gasteiger partial charge on any atom is -0.340 e. The summed E-state index contributed by atoms with van der Waals surface area (Å²) in [6.07, 6.45) is 0. The zero-order valence-electron chi connectivity index (χ0n) is 14.3. The minimum atomic E-state index is -1.40. The Morgan fingerprint density at radius 2 is 1.26 bits per heavy atom. The first-order valence-electron chi connectivity index (χ1n) is 8.00. The van der Waals surface area contributed by atoms with Crippen LogP contribution in [0.3, 0.4) is 0 Å². The van der Waals surface area contributed by atoms with E-state index in [1.54, 1.807) is 0 Å². The lowest BCUT2D eigenvalue weighted by atomic mass is 9.94. The summed E-state index contributed by atoms with van der Waals surface area (Å²) in [5.74, 6) is -1.57. The quantitative estimate of drug-likeness (QED) is 0.561. The van der Waals surface area contributed by atoms with Gasteiger partial charge in [0.2, 0.25) is 5.78 Å². The number of carbonyl (C=O) groups is 1. The second-order valence-electron chi connectivity index (χ2n) is 5.54. The summed E-state index contributed by atoms with van der Waals surface area (Å²) in [4.78, 5) is 13.2. The molecule has 2 aromatic carbocycles. The average Bonchev–Trinajstić information content (AvgIpc) is 2.55. The number of hydrogen-bond acceptors (Lipinski definition) is 3. The number of hydrogen-bond donors (Lipinski definition) is 0. The van der Waals surface area contributed by atoms with Gasteiger partial charge < -0.3 is 9.47 Å². The van der Waals surface area contributed by atoms with Gasteiger partial charge in [0.05, 0.1) is 0 Å².